The maximum Gasteiger partial charge on any atom is 0.274 e. The highest BCUT2D eigenvalue weighted by molar-refractivity contribution is 5.98. The van der Waals surface area contributed by atoms with Crippen molar-refractivity contribution in [2.75, 3.05) is 13.1 Å². The van der Waals surface area contributed by atoms with Crippen LogP contribution in [0.5, 0.6) is 0 Å². The van der Waals surface area contributed by atoms with Gasteiger partial charge in [-0.3, -0.25) is 9.78 Å². The molecule has 2 aromatic heterocycles. The lowest BCUT2D eigenvalue weighted by atomic mass is 10.1. The molecule has 2 heterocycles. The van der Waals surface area contributed by atoms with Gasteiger partial charge in [-0.1, -0.05) is 23.8 Å². The number of carbonyl (C=O) groups is 1. The monoisotopic (exact) mass is 439 g/mol. The zero-order chi connectivity index (χ0) is 22.9. The van der Waals surface area contributed by atoms with Crippen LogP contribution in [0.15, 0.2) is 48.8 Å². The highest BCUT2D eigenvalue weighted by atomic mass is 16.2. The molecule has 0 aliphatic heterocycles. The van der Waals surface area contributed by atoms with Crippen LogP contribution in [-0.2, 0) is 6.42 Å². The fraction of sp³-hybridized carbons (Fsp3) is 0.333. The first-order chi connectivity index (χ1) is 16.0. The zero-order valence-electron chi connectivity index (χ0n) is 19.4. The Balaban J connectivity index is 1.40. The first-order valence-corrected chi connectivity index (χ1v) is 11.6. The van der Waals surface area contributed by atoms with Crippen molar-refractivity contribution >= 4 is 16.9 Å². The number of aromatic nitrogens is 4. The average Bonchev–Trinajstić information content (AvgIpc) is 3.55. The first-order valence-electron chi connectivity index (χ1n) is 11.6. The number of carbonyl (C=O) groups excluding carboxylic acids is 1. The predicted octanol–water partition coefficient (Wildman–Crippen LogP) is 5.04. The van der Waals surface area contributed by atoms with E-state index in [1.807, 2.05) is 36.1 Å². The summed E-state index contributed by atoms with van der Waals surface area (Å²) in [4.78, 5) is 32.8. The van der Waals surface area contributed by atoms with Crippen molar-refractivity contribution < 1.29 is 4.79 Å². The van der Waals surface area contributed by atoms with Gasteiger partial charge in [-0.25, -0.2) is 9.97 Å². The van der Waals surface area contributed by atoms with Crippen LogP contribution < -0.4 is 0 Å². The zero-order valence-corrected chi connectivity index (χ0v) is 19.4. The number of aromatic amines is 1. The number of nitrogens with one attached hydrogen (secondary N) is 1. The number of hydrogen-bond acceptors (Lipinski definition) is 4. The van der Waals surface area contributed by atoms with Gasteiger partial charge in [0.15, 0.2) is 5.69 Å². The van der Waals surface area contributed by atoms with E-state index in [0.717, 1.165) is 34.5 Å². The molecule has 1 aliphatic carbocycles. The Morgan fingerprint density at radius 1 is 1.06 bits per heavy atom. The van der Waals surface area contributed by atoms with Crippen molar-refractivity contribution in [2.24, 2.45) is 5.92 Å². The van der Waals surface area contributed by atoms with Gasteiger partial charge >= 0.3 is 0 Å². The summed E-state index contributed by atoms with van der Waals surface area (Å²) in [6, 6.07) is 12.3. The number of H-pyrrole nitrogens is 1. The molecule has 0 radical (unpaired) electrons. The normalized spacial score (nSPS) is 13.4. The van der Waals surface area contributed by atoms with Gasteiger partial charge in [0.2, 0.25) is 0 Å². The molecule has 0 bridgehead atoms. The van der Waals surface area contributed by atoms with Gasteiger partial charge in [0.1, 0.15) is 11.5 Å². The fourth-order valence-electron chi connectivity index (χ4n) is 4.22. The molecule has 1 fully saturated rings. The van der Waals surface area contributed by atoms with Crippen LogP contribution in [0.1, 0.15) is 45.8 Å². The molecular weight excluding hydrogens is 410 g/mol. The Labute approximate surface area is 194 Å². The minimum Gasteiger partial charge on any atom is -0.342 e. The van der Waals surface area contributed by atoms with Gasteiger partial charge in [-0.05, 0) is 68.9 Å². The van der Waals surface area contributed by atoms with Crippen molar-refractivity contribution in [3.8, 4) is 11.3 Å². The quantitative estimate of drug-likeness (QED) is 0.438. The van der Waals surface area contributed by atoms with Gasteiger partial charge in [0, 0.05) is 37.5 Å². The van der Waals surface area contributed by atoms with Crippen LogP contribution in [0.25, 0.3) is 22.3 Å². The summed E-state index contributed by atoms with van der Waals surface area (Å²) in [5.74, 6) is 1.42. The van der Waals surface area contributed by atoms with Crippen molar-refractivity contribution in [3.05, 3.63) is 77.0 Å². The van der Waals surface area contributed by atoms with Crippen LogP contribution >= 0.6 is 0 Å². The number of aryl methyl sites for hydroxylation is 3. The van der Waals surface area contributed by atoms with Gasteiger partial charge in [-0.2, -0.15) is 0 Å². The topological polar surface area (TPSA) is 74.8 Å². The molecule has 1 amide bonds. The lowest BCUT2D eigenvalue weighted by Gasteiger charge is -2.22. The van der Waals surface area contributed by atoms with Crippen LogP contribution in [-0.4, -0.2) is 43.8 Å². The summed E-state index contributed by atoms with van der Waals surface area (Å²) in [6.07, 6.45) is 6.28. The summed E-state index contributed by atoms with van der Waals surface area (Å²) < 4.78 is 0. The number of rotatable bonds is 7. The summed E-state index contributed by atoms with van der Waals surface area (Å²) in [5, 5.41) is 0. The fourth-order valence-corrected chi connectivity index (χ4v) is 4.22. The van der Waals surface area contributed by atoms with Crippen molar-refractivity contribution in [3.63, 3.8) is 0 Å². The van der Waals surface area contributed by atoms with Crippen LogP contribution in [0.4, 0.5) is 0 Å². The Morgan fingerprint density at radius 3 is 2.64 bits per heavy atom. The van der Waals surface area contributed by atoms with Gasteiger partial charge < -0.3 is 9.88 Å². The highest BCUT2D eigenvalue weighted by Gasteiger charge is 2.29. The van der Waals surface area contributed by atoms with Gasteiger partial charge in [-0.15, -0.1) is 0 Å². The third-order valence-electron chi connectivity index (χ3n) is 6.42. The van der Waals surface area contributed by atoms with Gasteiger partial charge in [0.25, 0.3) is 5.91 Å². The second-order valence-electron chi connectivity index (χ2n) is 9.20. The van der Waals surface area contributed by atoms with E-state index in [9.17, 15) is 4.79 Å². The predicted molar refractivity (Wildman–Crippen MR) is 130 cm³/mol. The number of nitrogens with zero attached hydrogens (tertiary/aromatic N) is 4. The third-order valence-corrected chi connectivity index (χ3v) is 6.42. The maximum atomic E-state index is 13.7. The van der Waals surface area contributed by atoms with E-state index < -0.39 is 0 Å². The number of fused-ring (bicyclic) bond motifs is 1. The van der Waals surface area contributed by atoms with E-state index >= 15 is 0 Å². The first kappa shape index (κ1) is 21.3. The Hall–Kier alpha value is -3.54. The van der Waals surface area contributed by atoms with E-state index in [-0.39, 0.29) is 5.91 Å². The van der Waals surface area contributed by atoms with Crippen molar-refractivity contribution in [2.45, 2.75) is 40.0 Å². The third kappa shape index (κ3) is 4.65. The molecule has 6 heteroatoms. The van der Waals surface area contributed by atoms with Crippen molar-refractivity contribution in [1.82, 2.24) is 24.8 Å². The Bertz CT molecular complexity index is 1280. The number of hydrogen-bond donors (Lipinski definition) is 1. The van der Waals surface area contributed by atoms with Gasteiger partial charge in [0.05, 0.1) is 11.0 Å². The van der Waals surface area contributed by atoms with Crippen LogP contribution in [0.2, 0.25) is 0 Å². The van der Waals surface area contributed by atoms with E-state index in [2.05, 4.69) is 40.9 Å². The lowest BCUT2D eigenvalue weighted by molar-refractivity contribution is 0.0743. The van der Waals surface area contributed by atoms with E-state index in [1.54, 1.807) is 12.4 Å². The summed E-state index contributed by atoms with van der Waals surface area (Å²) in [7, 11) is 0. The number of imidazole rings is 1. The molecule has 5 rings (SSSR count). The second-order valence-corrected chi connectivity index (χ2v) is 9.20. The molecular formula is C27H29N5O. The molecule has 1 N–H and O–H groups in total. The lowest BCUT2D eigenvalue weighted by Crippen LogP contribution is -2.36. The SMILES string of the molecule is Cc1cccc(-c2nccnc2C(=O)N(CCc2nc3cc(C)c(C)cc3[nH]2)CC2CC2)c1. The average molecular weight is 440 g/mol. The molecule has 1 aliphatic rings. The molecule has 6 nitrogen and oxygen atoms in total. The maximum absolute atomic E-state index is 13.7. The molecule has 1 saturated carbocycles. The van der Waals surface area contributed by atoms with E-state index in [1.165, 1.54) is 24.0 Å². The van der Waals surface area contributed by atoms with Crippen molar-refractivity contribution in [1.29, 1.82) is 0 Å². The molecule has 4 aromatic rings. The Kier molecular flexibility index (Phi) is 5.67. The molecule has 0 unspecified atom stereocenters. The summed E-state index contributed by atoms with van der Waals surface area (Å²) in [5.41, 5.74) is 7.60. The summed E-state index contributed by atoms with van der Waals surface area (Å²) in [6.45, 7) is 7.60. The number of benzene rings is 2. The molecule has 168 valence electrons. The minimum atomic E-state index is -0.0608. The van der Waals surface area contributed by atoms with Crippen LogP contribution in [0.3, 0.4) is 0 Å². The molecule has 0 atom stereocenters. The smallest absolute Gasteiger partial charge is 0.274 e. The standard InChI is InChI=1S/C27H29N5O/c1-17-5-4-6-21(13-17)25-26(29-11-10-28-25)27(33)32(16-20-7-8-20)12-9-24-30-22-14-18(2)19(3)15-23(22)31-24/h4-6,10-11,13-15,20H,7-9,12,16H2,1-3H3,(H,30,31). The summed E-state index contributed by atoms with van der Waals surface area (Å²) >= 11 is 0. The van der Waals surface area contributed by atoms with Crippen LogP contribution in [0, 0.1) is 26.7 Å². The number of amides is 1. The largest absolute Gasteiger partial charge is 0.342 e. The van der Waals surface area contributed by atoms with E-state index in [0.29, 0.717) is 30.3 Å². The molecule has 2 aromatic carbocycles. The minimum absolute atomic E-state index is 0.0608. The highest BCUT2D eigenvalue weighted by Crippen LogP contribution is 2.31. The second kappa shape index (κ2) is 8.77. The Morgan fingerprint density at radius 2 is 1.85 bits per heavy atom. The molecule has 33 heavy (non-hydrogen) atoms. The molecule has 0 saturated heterocycles. The molecule has 0 spiro atoms. The van der Waals surface area contributed by atoms with E-state index in [4.69, 9.17) is 4.98 Å².